The largest absolute Gasteiger partial charge is 0.328 e. The fourth-order valence-electron chi connectivity index (χ4n) is 3.78. The lowest BCUT2D eigenvalue weighted by Crippen LogP contribution is -2.41. The minimum atomic E-state index is 0.522. The van der Waals surface area contributed by atoms with Crippen molar-refractivity contribution in [2.45, 2.75) is 37.8 Å². The molecule has 0 radical (unpaired) electrons. The van der Waals surface area contributed by atoms with Gasteiger partial charge >= 0.3 is 0 Å². The van der Waals surface area contributed by atoms with Gasteiger partial charge in [0, 0.05) is 12.1 Å². The summed E-state index contributed by atoms with van der Waals surface area (Å²) in [6.07, 6.45) is 5.46. The summed E-state index contributed by atoms with van der Waals surface area (Å²) in [5.41, 5.74) is 6.06. The fraction of sp³-hybridized carbons (Fsp3) is 1.00. The van der Waals surface area contributed by atoms with Crippen molar-refractivity contribution in [2.24, 2.45) is 17.6 Å². The van der Waals surface area contributed by atoms with Gasteiger partial charge in [-0.15, -0.1) is 0 Å². The lowest BCUT2D eigenvalue weighted by atomic mass is 9.76. The molecule has 0 spiro atoms. The van der Waals surface area contributed by atoms with Gasteiger partial charge in [0.2, 0.25) is 0 Å². The summed E-state index contributed by atoms with van der Waals surface area (Å²) >= 11 is 0. The lowest BCUT2D eigenvalue weighted by molar-refractivity contribution is 0.180. The summed E-state index contributed by atoms with van der Waals surface area (Å²) in [5.74, 6) is 1.92. The molecule has 1 saturated carbocycles. The van der Waals surface area contributed by atoms with Crippen LogP contribution >= 0.6 is 0 Å². The van der Waals surface area contributed by atoms with Crippen molar-refractivity contribution in [3.8, 4) is 0 Å². The maximum absolute atomic E-state index is 6.06. The van der Waals surface area contributed by atoms with Gasteiger partial charge in [0.25, 0.3) is 0 Å². The molecule has 2 heteroatoms. The average molecular weight is 166 g/mol. The Morgan fingerprint density at radius 3 is 2.17 bits per heavy atom. The zero-order valence-electron chi connectivity index (χ0n) is 7.58. The Morgan fingerprint density at radius 2 is 1.58 bits per heavy atom. The Labute approximate surface area is 74.1 Å². The molecule has 3 rings (SSSR count). The van der Waals surface area contributed by atoms with Crippen LogP contribution in [0.25, 0.3) is 0 Å². The van der Waals surface area contributed by atoms with Gasteiger partial charge in [-0.1, -0.05) is 0 Å². The molecule has 0 amide bonds. The van der Waals surface area contributed by atoms with Crippen LogP contribution in [-0.2, 0) is 0 Å². The summed E-state index contributed by atoms with van der Waals surface area (Å²) in [4.78, 5) is 2.71. The average Bonchev–Trinajstić information content (AvgIpc) is 2.59. The van der Waals surface area contributed by atoms with Crippen molar-refractivity contribution in [1.82, 2.24) is 4.90 Å². The first-order valence-electron chi connectivity index (χ1n) is 5.34. The summed E-state index contributed by atoms with van der Waals surface area (Å²) in [7, 11) is 0. The predicted molar refractivity (Wildman–Crippen MR) is 48.8 cm³/mol. The first kappa shape index (κ1) is 7.34. The van der Waals surface area contributed by atoms with E-state index >= 15 is 0 Å². The van der Waals surface area contributed by atoms with E-state index in [1.807, 2.05) is 0 Å². The zero-order valence-corrected chi connectivity index (χ0v) is 7.58. The molecule has 68 valence electrons. The predicted octanol–water partition coefficient (Wildman–Crippen LogP) is 0.818. The second kappa shape index (κ2) is 2.46. The van der Waals surface area contributed by atoms with Crippen LogP contribution in [0.2, 0.25) is 0 Å². The lowest BCUT2D eigenvalue weighted by Gasteiger charge is -2.34. The molecule has 2 saturated heterocycles. The van der Waals surface area contributed by atoms with E-state index in [4.69, 9.17) is 5.73 Å². The molecular weight excluding hydrogens is 148 g/mol. The van der Waals surface area contributed by atoms with E-state index in [-0.39, 0.29) is 0 Å². The molecule has 2 unspecified atom stereocenters. The van der Waals surface area contributed by atoms with E-state index in [1.54, 1.807) is 0 Å². The third-order valence-corrected chi connectivity index (χ3v) is 4.17. The molecule has 0 aromatic carbocycles. The third kappa shape index (κ3) is 0.882. The first-order chi connectivity index (χ1) is 5.84. The van der Waals surface area contributed by atoms with E-state index < -0.39 is 0 Å². The smallest absolute Gasteiger partial charge is 0.0154 e. The van der Waals surface area contributed by atoms with Gasteiger partial charge < -0.3 is 5.73 Å². The molecule has 2 N–H and O–H groups in total. The summed E-state index contributed by atoms with van der Waals surface area (Å²) in [5, 5.41) is 0. The van der Waals surface area contributed by atoms with Crippen LogP contribution in [0.5, 0.6) is 0 Å². The highest BCUT2D eigenvalue weighted by Crippen LogP contribution is 2.44. The molecule has 3 fully saturated rings. The number of hydrogen-bond donors (Lipinski definition) is 1. The fourth-order valence-corrected chi connectivity index (χ4v) is 3.78. The molecule has 3 aliphatic rings. The van der Waals surface area contributed by atoms with Gasteiger partial charge in [-0.25, -0.2) is 0 Å². The van der Waals surface area contributed by atoms with Crippen LogP contribution in [-0.4, -0.2) is 30.1 Å². The van der Waals surface area contributed by atoms with Crippen molar-refractivity contribution in [2.75, 3.05) is 13.1 Å². The van der Waals surface area contributed by atoms with Crippen LogP contribution in [0.4, 0.5) is 0 Å². The number of hydrogen-bond acceptors (Lipinski definition) is 2. The van der Waals surface area contributed by atoms with Gasteiger partial charge in [-0.3, -0.25) is 4.90 Å². The van der Waals surface area contributed by atoms with E-state index in [1.165, 1.54) is 38.8 Å². The van der Waals surface area contributed by atoms with E-state index in [0.717, 1.165) is 17.9 Å². The normalized spacial score (nSPS) is 52.8. The highest BCUT2D eigenvalue weighted by Gasteiger charge is 2.46. The number of rotatable bonds is 0. The van der Waals surface area contributed by atoms with Gasteiger partial charge in [0.1, 0.15) is 0 Å². The molecule has 2 heterocycles. The summed E-state index contributed by atoms with van der Waals surface area (Å²) < 4.78 is 0. The minimum absolute atomic E-state index is 0.522. The van der Waals surface area contributed by atoms with Crippen LogP contribution in [0.3, 0.4) is 0 Å². The maximum Gasteiger partial charge on any atom is 0.0154 e. The van der Waals surface area contributed by atoms with Crippen molar-refractivity contribution in [3.63, 3.8) is 0 Å². The quantitative estimate of drug-likeness (QED) is 0.577. The van der Waals surface area contributed by atoms with Crippen LogP contribution in [0, 0.1) is 11.8 Å². The third-order valence-electron chi connectivity index (χ3n) is 4.17. The summed E-state index contributed by atoms with van der Waals surface area (Å²) in [6, 6.07) is 1.47. The van der Waals surface area contributed by atoms with Crippen molar-refractivity contribution < 1.29 is 0 Å². The monoisotopic (exact) mass is 166 g/mol. The summed E-state index contributed by atoms with van der Waals surface area (Å²) in [6.45, 7) is 2.72. The zero-order chi connectivity index (χ0) is 8.13. The molecule has 0 aromatic heterocycles. The Bertz CT molecular complexity index is 174. The van der Waals surface area contributed by atoms with Gasteiger partial charge in [-0.2, -0.15) is 0 Å². The second-order valence-corrected chi connectivity index (χ2v) is 4.86. The second-order valence-electron chi connectivity index (χ2n) is 4.86. The molecule has 0 bridgehead atoms. The maximum atomic E-state index is 6.06. The van der Waals surface area contributed by atoms with Crippen molar-refractivity contribution in [3.05, 3.63) is 0 Å². The van der Waals surface area contributed by atoms with Crippen LogP contribution in [0.15, 0.2) is 0 Å². The van der Waals surface area contributed by atoms with Gasteiger partial charge in [-0.05, 0) is 50.6 Å². The first-order valence-corrected chi connectivity index (χ1v) is 5.34. The molecule has 12 heavy (non-hydrogen) atoms. The van der Waals surface area contributed by atoms with Gasteiger partial charge in [0.15, 0.2) is 0 Å². The van der Waals surface area contributed by atoms with E-state index in [0.29, 0.717) is 6.04 Å². The number of nitrogens with two attached hydrogens (primary N) is 1. The number of nitrogens with zero attached hydrogens (tertiary/aromatic N) is 1. The Hall–Kier alpha value is -0.0800. The highest BCUT2D eigenvalue weighted by atomic mass is 15.2. The van der Waals surface area contributed by atoms with E-state index in [2.05, 4.69) is 4.90 Å². The topological polar surface area (TPSA) is 29.3 Å². The Kier molecular flexibility index (Phi) is 1.50. The highest BCUT2D eigenvalue weighted by molar-refractivity contribution is 5.01. The molecular formula is C10H18N2. The van der Waals surface area contributed by atoms with E-state index in [9.17, 15) is 0 Å². The molecule has 2 nitrogen and oxygen atoms in total. The Balaban J connectivity index is 1.86. The molecule has 1 aliphatic carbocycles. The van der Waals surface area contributed by atoms with Crippen molar-refractivity contribution in [1.29, 1.82) is 0 Å². The van der Waals surface area contributed by atoms with Crippen molar-refractivity contribution >= 4 is 0 Å². The molecule has 2 aliphatic heterocycles. The van der Waals surface area contributed by atoms with Crippen LogP contribution in [0.1, 0.15) is 25.7 Å². The molecule has 0 aromatic rings. The van der Waals surface area contributed by atoms with Crippen LogP contribution < -0.4 is 5.73 Å². The SMILES string of the molecule is NC1CC2CCN3CCC(C1)C23. The molecule has 2 atom stereocenters. The van der Waals surface area contributed by atoms with Gasteiger partial charge in [0.05, 0.1) is 0 Å². The Morgan fingerprint density at radius 1 is 1.00 bits per heavy atom. The minimum Gasteiger partial charge on any atom is -0.328 e. The standard InChI is InChI=1S/C10H18N2/c11-9-5-7-1-3-12-4-2-8(6-9)10(7)12/h7-10H,1-6,11H2.